The van der Waals surface area contributed by atoms with Crippen molar-refractivity contribution in [2.45, 2.75) is 13.8 Å². The maximum absolute atomic E-state index is 5.37. The predicted molar refractivity (Wildman–Crippen MR) is 76.7 cm³/mol. The second-order valence-corrected chi connectivity index (χ2v) is 4.68. The highest BCUT2D eigenvalue weighted by Crippen LogP contribution is 2.28. The van der Waals surface area contributed by atoms with E-state index in [4.69, 9.17) is 9.72 Å². The Bertz CT molecular complexity index is 726. The first-order chi connectivity index (χ1) is 9.20. The average Bonchev–Trinajstić information content (AvgIpc) is 2.77. The van der Waals surface area contributed by atoms with Gasteiger partial charge >= 0.3 is 0 Å². The van der Waals surface area contributed by atoms with E-state index in [0.717, 1.165) is 28.3 Å². The Balaban J connectivity index is 2.25. The van der Waals surface area contributed by atoms with Crippen molar-refractivity contribution in [2.75, 3.05) is 7.11 Å². The van der Waals surface area contributed by atoms with Crippen LogP contribution in [0.15, 0.2) is 42.6 Å². The number of aromatic nitrogens is 2. The molecule has 0 aliphatic carbocycles. The Morgan fingerprint density at radius 2 is 1.79 bits per heavy atom. The molecule has 3 aromatic rings. The summed E-state index contributed by atoms with van der Waals surface area (Å²) in [5.74, 6) is 0.795. The van der Waals surface area contributed by atoms with Crippen LogP contribution in [-0.4, -0.2) is 16.5 Å². The van der Waals surface area contributed by atoms with Crippen molar-refractivity contribution in [1.82, 2.24) is 9.38 Å². The number of hydrogen-bond acceptors (Lipinski definition) is 2. The number of ether oxygens (including phenoxy) is 1. The van der Waals surface area contributed by atoms with Crippen LogP contribution in [0.1, 0.15) is 11.3 Å². The number of methoxy groups -OCH3 is 1. The summed E-state index contributed by atoms with van der Waals surface area (Å²) in [5, 5.41) is 0. The first kappa shape index (κ1) is 11.8. The fourth-order valence-electron chi connectivity index (χ4n) is 2.31. The maximum atomic E-state index is 5.37. The summed E-state index contributed by atoms with van der Waals surface area (Å²) >= 11 is 0. The molecule has 19 heavy (non-hydrogen) atoms. The van der Waals surface area contributed by atoms with E-state index in [2.05, 4.69) is 42.5 Å². The van der Waals surface area contributed by atoms with Crippen LogP contribution in [0.4, 0.5) is 0 Å². The first-order valence-corrected chi connectivity index (χ1v) is 6.29. The lowest BCUT2D eigenvalue weighted by molar-refractivity contribution is 0.417. The Kier molecular flexibility index (Phi) is 2.75. The molecule has 0 saturated carbocycles. The van der Waals surface area contributed by atoms with Gasteiger partial charge in [0.05, 0.1) is 12.8 Å². The SMILES string of the molecule is COc1cccn2c(C)c(-c3ccc(C)cc3)nc12. The molecule has 2 heterocycles. The van der Waals surface area contributed by atoms with E-state index in [0.29, 0.717) is 0 Å². The van der Waals surface area contributed by atoms with Gasteiger partial charge in [-0.3, -0.25) is 0 Å². The zero-order valence-corrected chi connectivity index (χ0v) is 11.3. The number of benzene rings is 1. The number of fused-ring (bicyclic) bond motifs is 1. The van der Waals surface area contributed by atoms with E-state index < -0.39 is 0 Å². The molecule has 0 N–H and O–H groups in total. The molecule has 0 spiro atoms. The van der Waals surface area contributed by atoms with Crippen molar-refractivity contribution in [1.29, 1.82) is 0 Å². The molecular weight excluding hydrogens is 236 g/mol. The number of nitrogens with zero attached hydrogens (tertiary/aromatic N) is 2. The molecule has 0 fully saturated rings. The molecule has 96 valence electrons. The van der Waals surface area contributed by atoms with E-state index in [9.17, 15) is 0 Å². The summed E-state index contributed by atoms with van der Waals surface area (Å²) in [6, 6.07) is 12.3. The number of aryl methyl sites for hydroxylation is 2. The quantitative estimate of drug-likeness (QED) is 0.696. The van der Waals surface area contributed by atoms with Gasteiger partial charge in [0.2, 0.25) is 0 Å². The molecule has 0 atom stereocenters. The number of pyridine rings is 1. The molecule has 3 rings (SSSR count). The third kappa shape index (κ3) is 1.87. The molecule has 1 aromatic carbocycles. The lowest BCUT2D eigenvalue weighted by atomic mass is 10.1. The highest BCUT2D eigenvalue weighted by molar-refractivity contribution is 5.69. The summed E-state index contributed by atoms with van der Waals surface area (Å²) in [6.45, 7) is 4.16. The minimum Gasteiger partial charge on any atom is -0.493 e. The van der Waals surface area contributed by atoms with E-state index in [1.54, 1.807) is 7.11 Å². The van der Waals surface area contributed by atoms with Gasteiger partial charge < -0.3 is 9.14 Å². The Hall–Kier alpha value is -2.29. The largest absolute Gasteiger partial charge is 0.493 e. The third-order valence-corrected chi connectivity index (χ3v) is 3.40. The van der Waals surface area contributed by atoms with Crippen molar-refractivity contribution in [2.24, 2.45) is 0 Å². The van der Waals surface area contributed by atoms with Crippen molar-refractivity contribution in [3.63, 3.8) is 0 Å². The molecule has 0 bridgehead atoms. The van der Waals surface area contributed by atoms with Crippen LogP contribution in [0, 0.1) is 13.8 Å². The summed E-state index contributed by atoms with van der Waals surface area (Å²) in [7, 11) is 1.67. The number of hydrogen-bond donors (Lipinski definition) is 0. The zero-order chi connectivity index (χ0) is 13.4. The van der Waals surface area contributed by atoms with Crippen molar-refractivity contribution in [3.05, 3.63) is 53.9 Å². The highest BCUT2D eigenvalue weighted by Gasteiger charge is 2.12. The average molecular weight is 252 g/mol. The monoisotopic (exact) mass is 252 g/mol. The van der Waals surface area contributed by atoms with Crippen LogP contribution in [0.5, 0.6) is 5.75 Å². The topological polar surface area (TPSA) is 26.5 Å². The lowest BCUT2D eigenvalue weighted by Gasteiger charge is -2.01. The van der Waals surface area contributed by atoms with Crippen LogP contribution in [0.25, 0.3) is 16.9 Å². The van der Waals surface area contributed by atoms with Gasteiger partial charge in [0.15, 0.2) is 11.4 Å². The van der Waals surface area contributed by atoms with Gasteiger partial charge in [-0.05, 0) is 26.0 Å². The second kappa shape index (κ2) is 4.43. The van der Waals surface area contributed by atoms with Gasteiger partial charge in [0, 0.05) is 17.5 Å². The summed E-state index contributed by atoms with van der Waals surface area (Å²) in [5.41, 5.74) is 5.37. The summed E-state index contributed by atoms with van der Waals surface area (Å²) in [4.78, 5) is 4.72. The highest BCUT2D eigenvalue weighted by atomic mass is 16.5. The first-order valence-electron chi connectivity index (χ1n) is 6.29. The lowest BCUT2D eigenvalue weighted by Crippen LogP contribution is -1.90. The van der Waals surface area contributed by atoms with E-state index in [1.165, 1.54) is 5.56 Å². The van der Waals surface area contributed by atoms with Gasteiger partial charge in [0.1, 0.15) is 0 Å². The van der Waals surface area contributed by atoms with E-state index in [-0.39, 0.29) is 0 Å². The molecule has 0 aliphatic heterocycles. The molecule has 0 radical (unpaired) electrons. The van der Waals surface area contributed by atoms with Gasteiger partial charge in [-0.15, -0.1) is 0 Å². The van der Waals surface area contributed by atoms with Crippen LogP contribution < -0.4 is 4.74 Å². The summed E-state index contributed by atoms with van der Waals surface area (Å²) in [6.07, 6.45) is 2.01. The predicted octanol–water partition coefficient (Wildman–Crippen LogP) is 3.63. The standard InChI is InChI=1S/C16H16N2O/c1-11-6-8-13(9-7-11)15-12(2)18-10-4-5-14(19-3)16(18)17-15/h4-10H,1-3H3. The van der Waals surface area contributed by atoms with Crippen LogP contribution in [-0.2, 0) is 0 Å². The van der Waals surface area contributed by atoms with Gasteiger partial charge in [-0.25, -0.2) is 4.98 Å². The van der Waals surface area contributed by atoms with Crippen LogP contribution in [0.2, 0.25) is 0 Å². The van der Waals surface area contributed by atoms with Crippen LogP contribution >= 0.6 is 0 Å². The number of imidazole rings is 1. The van der Waals surface area contributed by atoms with Gasteiger partial charge in [-0.1, -0.05) is 29.8 Å². The molecule has 0 unspecified atom stereocenters. The van der Waals surface area contributed by atoms with Crippen LogP contribution in [0.3, 0.4) is 0 Å². The summed E-state index contributed by atoms with van der Waals surface area (Å²) < 4.78 is 7.43. The van der Waals surface area contributed by atoms with Gasteiger partial charge in [0.25, 0.3) is 0 Å². The Morgan fingerprint density at radius 3 is 2.47 bits per heavy atom. The van der Waals surface area contributed by atoms with Crippen molar-refractivity contribution >= 4 is 5.65 Å². The van der Waals surface area contributed by atoms with Crippen molar-refractivity contribution < 1.29 is 4.74 Å². The fourth-order valence-corrected chi connectivity index (χ4v) is 2.31. The normalized spacial score (nSPS) is 10.9. The maximum Gasteiger partial charge on any atom is 0.180 e. The van der Waals surface area contributed by atoms with Gasteiger partial charge in [-0.2, -0.15) is 0 Å². The van der Waals surface area contributed by atoms with E-state index in [1.807, 2.05) is 18.3 Å². The minimum absolute atomic E-state index is 0.795. The molecule has 0 saturated heterocycles. The van der Waals surface area contributed by atoms with Crippen molar-refractivity contribution in [3.8, 4) is 17.0 Å². The Morgan fingerprint density at radius 1 is 1.05 bits per heavy atom. The molecular formula is C16H16N2O. The Labute approximate surface area is 112 Å². The zero-order valence-electron chi connectivity index (χ0n) is 11.3. The second-order valence-electron chi connectivity index (χ2n) is 4.68. The number of rotatable bonds is 2. The molecule has 3 heteroatoms. The smallest absolute Gasteiger partial charge is 0.180 e. The minimum atomic E-state index is 0.795. The molecule has 0 aliphatic rings. The van der Waals surface area contributed by atoms with E-state index >= 15 is 0 Å². The molecule has 3 nitrogen and oxygen atoms in total. The fraction of sp³-hybridized carbons (Fsp3) is 0.188. The molecule has 2 aromatic heterocycles. The molecule has 0 amide bonds. The third-order valence-electron chi connectivity index (χ3n) is 3.40.